The number of ether oxygens (including phenoxy) is 1. The molecule has 0 radical (unpaired) electrons. The molecule has 0 spiro atoms. The molecule has 1 fully saturated rings. The van der Waals surface area contributed by atoms with Gasteiger partial charge in [0.2, 0.25) is 5.88 Å². The zero-order valence-corrected chi connectivity index (χ0v) is 18.9. The molecule has 9 nitrogen and oxygen atoms in total. The summed E-state index contributed by atoms with van der Waals surface area (Å²) in [5.74, 6) is 2.25. The summed E-state index contributed by atoms with van der Waals surface area (Å²) in [5.41, 5.74) is 2.82. The Kier molecular flexibility index (Phi) is 5.55. The van der Waals surface area contributed by atoms with Crippen LogP contribution >= 0.6 is 0 Å². The summed E-state index contributed by atoms with van der Waals surface area (Å²) in [6.07, 6.45) is 5.60. The summed E-state index contributed by atoms with van der Waals surface area (Å²) in [7, 11) is 1.86. The van der Waals surface area contributed by atoms with Gasteiger partial charge in [-0.05, 0) is 58.0 Å². The molecule has 170 valence electrons. The van der Waals surface area contributed by atoms with Gasteiger partial charge in [-0.15, -0.1) is 0 Å². The molecular formula is C24H27N7O2. The minimum Gasteiger partial charge on any atom is -0.439 e. The number of hydrogen-bond donors (Lipinski definition) is 2. The maximum atomic E-state index is 13.0. The van der Waals surface area contributed by atoms with Crippen LogP contribution in [0.5, 0.6) is 11.6 Å². The minimum absolute atomic E-state index is 0.248. The van der Waals surface area contributed by atoms with E-state index in [2.05, 4.69) is 39.5 Å². The van der Waals surface area contributed by atoms with E-state index in [1.165, 1.54) is 24.9 Å². The Morgan fingerprint density at radius 3 is 2.79 bits per heavy atom. The lowest BCUT2D eigenvalue weighted by Gasteiger charge is -2.09. The van der Waals surface area contributed by atoms with Crippen molar-refractivity contribution in [1.29, 1.82) is 0 Å². The van der Waals surface area contributed by atoms with Crippen molar-refractivity contribution in [1.82, 2.24) is 29.6 Å². The number of nitrogens with one attached hydrogen (secondary N) is 2. The van der Waals surface area contributed by atoms with Gasteiger partial charge in [0.25, 0.3) is 0 Å². The maximum Gasteiger partial charge on any atom is 0.331 e. The Balaban J connectivity index is 1.34. The maximum absolute atomic E-state index is 13.0. The van der Waals surface area contributed by atoms with E-state index in [1.54, 1.807) is 16.8 Å². The highest BCUT2D eigenvalue weighted by molar-refractivity contribution is 5.98. The van der Waals surface area contributed by atoms with E-state index in [9.17, 15) is 4.79 Å². The third kappa shape index (κ3) is 4.45. The van der Waals surface area contributed by atoms with Crippen molar-refractivity contribution in [3.63, 3.8) is 0 Å². The van der Waals surface area contributed by atoms with E-state index in [0.29, 0.717) is 29.9 Å². The fourth-order valence-corrected chi connectivity index (χ4v) is 3.93. The molecule has 3 aromatic heterocycles. The highest BCUT2D eigenvalue weighted by atomic mass is 16.5. The van der Waals surface area contributed by atoms with Crippen LogP contribution in [0.1, 0.15) is 50.0 Å². The average Bonchev–Trinajstić information content (AvgIpc) is 3.41. The first-order chi connectivity index (χ1) is 16.0. The first kappa shape index (κ1) is 21.1. The van der Waals surface area contributed by atoms with E-state index in [1.807, 2.05) is 42.1 Å². The van der Waals surface area contributed by atoms with E-state index >= 15 is 0 Å². The Bertz CT molecular complexity index is 1280. The monoisotopic (exact) mass is 445 g/mol. The number of aromatic nitrogens is 5. The van der Waals surface area contributed by atoms with Gasteiger partial charge >= 0.3 is 6.03 Å². The molecule has 9 heteroatoms. The van der Waals surface area contributed by atoms with Crippen molar-refractivity contribution in [2.45, 2.75) is 45.2 Å². The molecule has 0 atom stereocenters. The van der Waals surface area contributed by atoms with Gasteiger partial charge in [-0.3, -0.25) is 14.6 Å². The second kappa shape index (κ2) is 8.67. The summed E-state index contributed by atoms with van der Waals surface area (Å²) in [6, 6.07) is 11.3. The minimum atomic E-state index is -0.248. The average molecular weight is 446 g/mol. The highest BCUT2D eigenvalue weighted by Crippen LogP contribution is 2.41. The van der Waals surface area contributed by atoms with E-state index in [4.69, 9.17) is 4.74 Å². The van der Waals surface area contributed by atoms with Gasteiger partial charge in [-0.2, -0.15) is 5.10 Å². The molecule has 4 aromatic rings. The van der Waals surface area contributed by atoms with Gasteiger partial charge < -0.3 is 10.1 Å². The normalized spacial score (nSPS) is 13.6. The first-order valence-corrected chi connectivity index (χ1v) is 11.2. The van der Waals surface area contributed by atoms with Gasteiger partial charge in [0, 0.05) is 47.9 Å². The SMILES string of the molecule is CNCc1cc(Oc2ccc3c(ccn3C(=O)Nc3cc(C4CC4)n(C(C)C)n3)c2)ncn1. The standard InChI is InChI=1S/C24H27N7O2/c1-15(2)31-21(16-4-5-16)12-22(29-31)28-24(32)30-9-8-17-10-19(6-7-20(17)30)33-23-11-18(13-25-3)26-14-27-23/h6-12,14-16,25H,4-5,13H2,1-3H3,(H,28,29,32). The number of rotatable bonds is 7. The van der Waals surface area contributed by atoms with Crippen LogP contribution in [0, 0.1) is 0 Å². The number of nitrogens with zero attached hydrogens (tertiary/aromatic N) is 5. The van der Waals surface area contributed by atoms with Crippen LogP contribution in [0.15, 0.2) is 48.9 Å². The predicted molar refractivity (Wildman–Crippen MR) is 126 cm³/mol. The van der Waals surface area contributed by atoms with Crippen LogP contribution in [0.3, 0.4) is 0 Å². The molecule has 0 unspecified atom stereocenters. The second-order valence-electron chi connectivity index (χ2n) is 8.58. The fraction of sp³-hybridized carbons (Fsp3) is 0.333. The Hall–Kier alpha value is -3.72. The van der Waals surface area contributed by atoms with Gasteiger partial charge in [0.05, 0.1) is 11.2 Å². The quantitative estimate of drug-likeness (QED) is 0.429. The summed E-state index contributed by atoms with van der Waals surface area (Å²) < 4.78 is 9.50. The molecular weight excluding hydrogens is 418 g/mol. The molecule has 1 aliphatic rings. The largest absolute Gasteiger partial charge is 0.439 e. The molecule has 1 aromatic carbocycles. The Morgan fingerprint density at radius 1 is 1.18 bits per heavy atom. The lowest BCUT2D eigenvalue weighted by Crippen LogP contribution is -2.19. The molecule has 0 bridgehead atoms. The smallest absolute Gasteiger partial charge is 0.331 e. The lowest BCUT2D eigenvalue weighted by molar-refractivity contribution is 0.254. The van der Waals surface area contributed by atoms with Crippen molar-refractivity contribution in [2.24, 2.45) is 0 Å². The molecule has 1 saturated carbocycles. The third-order valence-electron chi connectivity index (χ3n) is 5.64. The highest BCUT2D eigenvalue weighted by Gasteiger charge is 2.29. The number of carbonyl (C=O) groups excluding carboxylic acids is 1. The van der Waals surface area contributed by atoms with Crippen LogP contribution in [-0.4, -0.2) is 37.4 Å². The second-order valence-corrected chi connectivity index (χ2v) is 8.58. The zero-order valence-electron chi connectivity index (χ0n) is 18.9. The summed E-state index contributed by atoms with van der Waals surface area (Å²) in [4.78, 5) is 21.4. The number of benzene rings is 1. The number of anilines is 1. The van der Waals surface area contributed by atoms with Crippen LogP contribution in [0.2, 0.25) is 0 Å². The van der Waals surface area contributed by atoms with Crippen molar-refractivity contribution in [3.8, 4) is 11.6 Å². The predicted octanol–water partition coefficient (Wildman–Crippen LogP) is 4.68. The van der Waals surface area contributed by atoms with Crippen molar-refractivity contribution >= 4 is 22.8 Å². The van der Waals surface area contributed by atoms with Crippen molar-refractivity contribution in [3.05, 3.63) is 60.3 Å². The molecule has 5 rings (SSSR count). The van der Waals surface area contributed by atoms with Crippen LogP contribution < -0.4 is 15.4 Å². The van der Waals surface area contributed by atoms with Crippen LogP contribution in [-0.2, 0) is 6.54 Å². The Morgan fingerprint density at radius 2 is 2.03 bits per heavy atom. The first-order valence-electron chi connectivity index (χ1n) is 11.2. The van der Waals surface area contributed by atoms with Gasteiger partial charge in [-0.1, -0.05) is 0 Å². The number of hydrogen-bond acceptors (Lipinski definition) is 6. The van der Waals surface area contributed by atoms with E-state index in [0.717, 1.165) is 16.6 Å². The summed E-state index contributed by atoms with van der Waals surface area (Å²) >= 11 is 0. The van der Waals surface area contributed by atoms with Crippen LogP contribution in [0.25, 0.3) is 10.9 Å². The molecule has 1 aliphatic carbocycles. The molecule has 3 heterocycles. The third-order valence-corrected chi connectivity index (χ3v) is 5.64. The summed E-state index contributed by atoms with van der Waals surface area (Å²) in [6.45, 7) is 4.84. The molecule has 0 aliphatic heterocycles. The molecule has 1 amide bonds. The van der Waals surface area contributed by atoms with Gasteiger partial charge in [0.1, 0.15) is 12.1 Å². The Labute approximate surface area is 191 Å². The van der Waals surface area contributed by atoms with E-state index in [-0.39, 0.29) is 12.1 Å². The van der Waals surface area contributed by atoms with Gasteiger partial charge in [-0.25, -0.2) is 14.8 Å². The van der Waals surface area contributed by atoms with Gasteiger partial charge in [0.15, 0.2) is 5.82 Å². The number of carbonyl (C=O) groups is 1. The van der Waals surface area contributed by atoms with E-state index < -0.39 is 0 Å². The van der Waals surface area contributed by atoms with Crippen LogP contribution in [0.4, 0.5) is 10.6 Å². The van der Waals surface area contributed by atoms with Crippen molar-refractivity contribution in [2.75, 3.05) is 12.4 Å². The molecule has 0 saturated heterocycles. The van der Waals surface area contributed by atoms with Crippen molar-refractivity contribution < 1.29 is 9.53 Å². The zero-order chi connectivity index (χ0) is 22.9. The lowest BCUT2D eigenvalue weighted by atomic mass is 10.2. The fourth-order valence-electron chi connectivity index (χ4n) is 3.93. The topological polar surface area (TPSA) is 98.9 Å². The number of fused-ring (bicyclic) bond motifs is 1. The summed E-state index contributed by atoms with van der Waals surface area (Å²) in [5, 5.41) is 11.5. The molecule has 2 N–H and O–H groups in total. The molecule has 33 heavy (non-hydrogen) atoms. The number of amides is 1.